The van der Waals surface area contributed by atoms with Gasteiger partial charge in [0.1, 0.15) is 5.82 Å². The number of nitrogens with one attached hydrogen (secondary N) is 1. The number of benzene rings is 1. The minimum absolute atomic E-state index is 0.567. The maximum absolute atomic E-state index is 5.44. The summed E-state index contributed by atoms with van der Waals surface area (Å²) >= 11 is 5.44. The molecule has 138 valence electrons. The molecule has 3 aromatic heterocycles. The second-order valence-electron chi connectivity index (χ2n) is 6.63. The molecule has 0 saturated heterocycles. The summed E-state index contributed by atoms with van der Waals surface area (Å²) in [6, 6.07) is 8.33. The van der Waals surface area contributed by atoms with Crippen molar-refractivity contribution in [1.82, 2.24) is 34.3 Å². The van der Waals surface area contributed by atoms with Gasteiger partial charge in [0.2, 0.25) is 0 Å². The van der Waals surface area contributed by atoms with Crippen LogP contribution in [0.1, 0.15) is 22.5 Å². The van der Waals surface area contributed by atoms with E-state index in [1.807, 2.05) is 57.8 Å². The molecule has 0 aliphatic rings. The molecule has 0 spiro atoms. The van der Waals surface area contributed by atoms with E-state index in [-0.39, 0.29) is 0 Å². The molecule has 7 nitrogen and oxygen atoms in total. The van der Waals surface area contributed by atoms with Crippen molar-refractivity contribution in [3.8, 4) is 5.69 Å². The van der Waals surface area contributed by atoms with Crippen molar-refractivity contribution in [3.63, 3.8) is 0 Å². The smallest absolute Gasteiger partial charge is 0.199 e. The van der Waals surface area contributed by atoms with E-state index in [1.54, 1.807) is 0 Å². The van der Waals surface area contributed by atoms with E-state index in [2.05, 4.69) is 39.5 Å². The van der Waals surface area contributed by atoms with Crippen LogP contribution in [0.4, 0.5) is 0 Å². The fraction of sp³-hybridized carbons (Fsp3) is 0.263. The Morgan fingerprint density at radius 2 is 1.85 bits per heavy atom. The molecule has 4 aromatic rings. The second kappa shape index (κ2) is 7.32. The van der Waals surface area contributed by atoms with Gasteiger partial charge in [0, 0.05) is 25.4 Å². The first kappa shape index (κ1) is 17.4. The van der Waals surface area contributed by atoms with Crippen LogP contribution in [-0.2, 0) is 19.5 Å². The van der Waals surface area contributed by atoms with E-state index >= 15 is 0 Å². The van der Waals surface area contributed by atoms with Crippen LogP contribution in [0.2, 0.25) is 0 Å². The third-order valence-electron chi connectivity index (χ3n) is 4.54. The lowest BCUT2D eigenvalue weighted by Crippen LogP contribution is -2.07. The third-order valence-corrected chi connectivity index (χ3v) is 4.81. The first-order chi connectivity index (χ1) is 13.1. The minimum Gasteiger partial charge on any atom is -0.272 e. The van der Waals surface area contributed by atoms with Crippen molar-refractivity contribution < 1.29 is 0 Å². The standard InChI is InChI=1S/C19H21N7S/c1-14-9-20-24(11-14)8-7-18-22-23-19(27)26(18)17-10-21-25(13-17)12-16-6-4-3-5-15(16)2/h3-6,9-11,13H,7-8,12H2,1-2H3,(H,23,27). The fourth-order valence-electron chi connectivity index (χ4n) is 3.08. The largest absolute Gasteiger partial charge is 0.272 e. The quantitative estimate of drug-likeness (QED) is 0.522. The molecular formula is C19H21N7S. The molecular weight excluding hydrogens is 358 g/mol. The van der Waals surface area contributed by atoms with Gasteiger partial charge in [-0.1, -0.05) is 24.3 Å². The predicted molar refractivity (Wildman–Crippen MR) is 105 cm³/mol. The van der Waals surface area contributed by atoms with Crippen molar-refractivity contribution in [2.75, 3.05) is 0 Å². The number of aromatic amines is 1. The van der Waals surface area contributed by atoms with Crippen LogP contribution in [-0.4, -0.2) is 34.3 Å². The van der Waals surface area contributed by atoms with Gasteiger partial charge in [0.05, 0.1) is 24.6 Å². The molecule has 0 unspecified atom stereocenters. The average Bonchev–Trinajstić information content (AvgIpc) is 3.36. The first-order valence-electron chi connectivity index (χ1n) is 8.83. The van der Waals surface area contributed by atoms with Gasteiger partial charge in [-0.15, -0.1) is 0 Å². The molecule has 8 heteroatoms. The van der Waals surface area contributed by atoms with Gasteiger partial charge in [-0.25, -0.2) is 0 Å². The third kappa shape index (κ3) is 3.75. The van der Waals surface area contributed by atoms with E-state index in [9.17, 15) is 0 Å². The summed E-state index contributed by atoms with van der Waals surface area (Å²) < 4.78 is 6.34. The van der Waals surface area contributed by atoms with Gasteiger partial charge < -0.3 is 0 Å². The summed E-state index contributed by atoms with van der Waals surface area (Å²) in [5.41, 5.74) is 4.56. The molecule has 0 amide bonds. The maximum Gasteiger partial charge on any atom is 0.199 e. The number of rotatable bonds is 6. The van der Waals surface area contributed by atoms with Gasteiger partial charge in [-0.2, -0.15) is 15.3 Å². The summed E-state index contributed by atoms with van der Waals surface area (Å²) in [5, 5.41) is 16.1. The van der Waals surface area contributed by atoms with E-state index in [4.69, 9.17) is 12.2 Å². The van der Waals surface area contributed by atoms with Crippen LogP contribution in [0.5, 0.6) is 0 Å². The zero-order valence-corrected chi connectivity index (χ0v) is 16.1. The number of aryl methyl sites for hydroxylation is 4. The predicted octanol–water partition coefficient (Wildman–Crippen LogP) is 3.23. The molecule has 0 bridgehead atoms. The van der Waals surface area contributed by atoms with E-state index < -0.39 is 0 Å². The summed E-state index contributed by atoms with van der Waals surface area (Å²) in [5.74, 6) is 0.864. The van der Waals surface area contributed by atoms with Gasteiger partial charge in [-0.3, -0.25) is 19.0 Å². The lowest BCUT2D eigenvalue weighted by atomic mass is 10.1. The fourth-order valence-corrected chi connectivity index (χ4v) is 3.34. The summed E-state index contributed by atoms with van der Waals surface area (Å²) in [4.78, 5) is 0. The molecule has 0 atom stereocenters. The Balaban J connectivity index is 1.55. The summed E-state index contributed by atoms with van der Waals surface area (Å²) in [6.45, 7) is 5.61. The Hall–Kier alpha value is -3.00. The molecule has 4 rings (SSSR count). The van der Waals surface area contributed by atoms with Crippen molar-refractivity contribution >= 4 is 12.2 Å². The zero-order chi connectivity index (χ0) is 18.8. The van der Waals surface area contributed by atoms with E-state index in [1.165, 1.54) is 11.1 Å². The van der Waals surface area contributed by atoms with Gasteiger partial charge in [-0.05, 0) is 42.8 Å². The second-order valence-corrected chi connectivity index (χ2v) is 7.02. The molecule has 27 heavy (non-hydrogen) atoms. The Morgan fingerprint density at radius 3 is 2.63 bits per heavy atom. The van der Waals surface area contributed by atoms with Crippen LogP contribution in [0.3, 0.4) is 0 Å². The van der Waals surface area contributed by atoms with Crippen LogP contribution < -0.4 is 0 Å². The van der Waals surface area contributed by atoms with Crippen molar-refractivity contribution in [2.24, 2.45) is 0 Å². The highest BCUT2D eigenvalue weighted by Gasteiger charge is 2.11. The number of hydrogen-bond acceptors (Lipinski definition) is 4. The zero-order valence-electron chi connectivity index (χ0n) is 15.3. The topological polar surface area (TPSA) is 69.2 Å². The number of aromatic nitrogens is 7. The Morgan fingerprint density at radius 1 is 1.04 bits per heavy atom. The van der Waals surface area contributed by atoms with Crippen molar-refractivity contribution in [3.05, 3.63) is 76.3 Å². The molecule has 0 fully saturated rings. The van der Waals surface area contributed by atoms with Crippen molar-refractivity contribution in [2.45, 2.75) is 33.4 Å². The highest BCUT2D eigenvalue weighted by molar-refractivity contribution is 7.71. The molecule has 0 aliphatic heterocycles. The minimum atomic E-state index is 0.567. The molecule has 1 aromatic carbocycles. The van der Waals surface area contributed by atoms with E-state index in [0.29, 0.717) is 4.77 Å². The van der Waals surface area contributed by atoms with Crippen molar-refractivity contribution in [1.29, 1.82) is 0 Å². The Labute approximate surface area is 162 Å². The van der Waals surface area contributed by atoms with Crippen LogP contribution in [0.25, 0.3) is 5.69 Å². The molecule has 0 aliphatic carbocycles. The first-order valence-corrected chi connectivity index (χ1v) is 9.23. The number of hydrogen-bond donors (Lipinski definition) is 1. The lowest BCUT2D eigenvalue weighted by Gasteiger charge is -2.06. The Bertz CT molecular complexity index is 1110. The van der Waals surface area contributed by atoms with Crippen LogP contribution in [0.15, 0.2) is 49.1 Å². The molecule has 3 heterocycles. The van der Waals surface area contributed by atoms with Crippen LogP contribution >= 0.6 is 12.2 Å². The highest BCUT2D eigenvalue weighted by atomic mass is 32.1. The van der Waals surface area contributed by atoms with Crippen LogP contribution in [0, 0.1) is 18.6 Å². The average molecular weight is 379 g/mol. The summed E-state index contributed by atoms with van der Waals surface area (Å²) in [6.07, 6.45) is 8.42. The highest BCUT2D eigenvalue weighted by Crippen LogP contribution is 2.14. The SMILES string of the molecule is Cc1cnn(CCc2n[nH]c(=S)n2-c2cnn(Cc3ccccc3C)c2)c1. The Kier molecular flexibility index (Phi) is 4.72. The number of H-pyrrole nitrogens is 1. The van der Waals surface area contributed by atoms with Gasteiger partial charge in [0.25, 0.3) is 0 Å². The molecule has 0 saturated carbocycles. The van der Waals surface area contributed by atoms with Gasteiger partial charge >= 0.3 is 0 Å². The van der Waals surface area contributed by atoms with E-state index in [0.717, 1.165) is 36.6 Å². The monoisotopic (exact) mass is 379 g/mol. The molecule has 0 radical (unpaired) electrons. The number of nitrogens with zero attached hydrogens (tertiary/aromatic N) is 6. The maximum atomic E-state index is 5.44. The lowest BCUT2D eigenvalue weighted by molar-refractivity contribution is 0.594. The normalized spacial score (nSPS) is 11.2. The molecule has 1 N–H and O–H groups in total. The summed E-state index contributed by atoms with van der Waals surface area (Å²) in [7, 11) is 0. The van der Waals surface area contributed by atoms with Gasteiger partial charge in [0.15, 0.2) is 4.77 Å².